The first kappa shape index (κ1) is 10.9. The molecular weight excluding hydrogens is 218 g/mol. The minimum absolute atomic E-state index is 0.179. The molecule has 1 atom stereocenters. The zero-order valence-electron chi connectivity index (χ0n) is 9.01. The molecule has 0 aliphatic carbocycles. The third kappa shape index (κ3) is 2.49. The van der Waals surface area contributed by atoms with Crippen LogP contribution < -0.4 is 5.32 Å². The maximum Gasteiger partial charge on any atom is 0.160 e. The van der Waals surface area contributed by atoms with Crippen LogP contribution in [0.3, 0.4) is 0 Å². The summed E-state index contributed by atoms with van der Waals surface area (Å²) in [6, 6.07) is 14.0. The predicted octanol–water partition coefficient (Wildman–Crippen LogP) is 3.31. The van der Waals surface area contributed by atoms with Gasteiger partial charge in [-0.1, -0.05) is 42.5 Å². The number of benzene rings is 1. The molecule has 0 saturated carbocycles. The molecule has 0 saturated heterocycles. The summed E-state index contributed by atoms with van der Waals surface area (Å²) >= 11 is 5.25. The standard InChI is InChI=1S/C13H13NOS/c1-10(11-6-3-2-4-7-11)14-13(16)12-8-5-9-15-12/h2-10H,1H3,(H,14,16). The summed E-state index contributed by atoms with van der Waals surface area (Å²) in [6.07, 6.45) is 1.62. The fourth-order valence-electron chi connectivity index (χ4n) is 1.50. The smallest absolute Gasteiger partial charge is 0.160 e. The monoisotopic (exact) mass is 231 g/mol. The molecule has 0 radical (unpaired) electrons. The van der Waals surface area contributed by atoms with Crippen LogP contribution in [-0.4, -0.2) is 4.99 Å². The first-order chi connectivity index (χ1) is 7.77. The maximum absolute atomic E-state index is 5.25. The van der Waals surface area contributed by atoms with Gasteiger partial charge in [0, 0.05) is 6.04 Å². The molecule has 0 bridgehead atoms. The Morgan fingerprint density at radius 1 is 1.19 bits per heavy atom. The quantitative estimate of drug-likeness (QED) is 0.820. The van der Waals surface area contributed by atoms with Crippen LogP contribution in [0.1, 0.15) is 24.3 Å². The largest absolute Gasteiger partial charge is 0.462 e. The summed E-state index contributed by atoms with van der Waals surface area (Å²) in [5.41, 5.74) is 1.21. The average Bonchev–Trinajstić information content (AvgIpc) is 2.83. The van der Waals surface area contributed by atoms with E-state index in [1.54, 1.807) is 6.26 Å². The predicted molar refractivity (Wildman–Crippen MR) is 68.4 cm³/mol. The van der Waals surface area contributed by atoms with E-state index in [0.717, 1.165) is 0 Å². The Labute approximate surface area is 100 Å². The molecule has 0 amide bonds. The van der Waals surface area contributed by atoms with E-state index < -0.39 is 0 Å². The topological polar surface area (TPSA) is 25.2 Å². The number of thiocarbonyl (C=S) groups is 1. The number of hydrogen-bond donors (Lipinski definition) is 1. The molecule has 1 aromatic heterocycles. The highest BCUT2D eigenvalue weighted by Crippen LogP contribution is 2.12. The van der Waals surface area contributed by atoms with Crippen molar-refractivity contribution in [2.75, 3.05) is 0 Å². The Hall–Kier alpha value is -1.61. The van der Waals surface area contributed by atoms with Crippen LogP contribution in [0.15, 0.2) is 53.1 Å². The molecule has 1 unspecified atom stereocenters. The van der Waals surface area contributed by atoms with Crippen LogP contribution in [0, 0.1) is 0 Å². The molecule has 1 heterocycles. The van der Waals surface area contributed by atoms with Crippen molar-refractivity contribution in [2.24, 2.45) is 0 Å². The van der Waals surface area contributed by atoms with E-state index in [-0.39, 0.29) is 6.04 Å². The second-order valence-corrected chi connectivity index (χ2v) is 3.99. The highest BCUT2D eigenvalue weighted by atomic mass is 32.1. The number of nitrogens with one attached hydrogen (secondary N) is 1. The van der Waals surface area contributed by atoms with Gasteiger partial charge in [-0.15, -0.1) is 0 Å². The minimum atomic E-state index is 0.179. The second kappa shape index (κ2) is 4.94. The third-order valence-corrected chi connectivity index (χ3v) is 2.71. The van der Waals surface area contributed by atoms with Crippen molar-refractivity contribution in [3.63, 3.8) is 0 Å². The Morgan fingerprint density at radius 3 is 2.56 bits per heavy atom. The molecule has 0 spiro atoms. The van der Waals surface area contributed by atoms with Gasteiger partial charge in [-0.25, -0.2) is 0 Å². The highest BCUT2D eigenvalue weighted by molar-refractivity contribution is 7.80. The fraction of sp³-hybridized carbons (Fsp3) is 0.154. The SMILES string of the molecule is CC(NC(=S)c1ccco1)c1ccccc1. The fourth-order valence-corrected chi connectivity index (χ4v) is 1.79. The number of furan rings is 1. The van der Waals surface area contributed by atoms with Gasteiger partial charge in [-0.05, 0) is 24.6 Å². The number of rotatable bonds is 3. The zero-order valence-corrected chi connectivity index (χ0v) is 9.83. The van der Waals surface area contributed by atoms with Crippen molar-refractivity contribution >= 4 is 17.2 Å². The van der Waals surface area contributed by atoms with Crippen LogP contribution in [0.4, 0.5) is 0 Å². The van der Waals surface area contributed by atoms with E-state index >= 15 is 0 Å². The molecule has 0 aliphatic heterocycles. The molecule has 2 nitrogen and oxygen atoms in total. The van der Waals surface area contributed by atoms with Gasteiger partial charge in [0.15, 0.2) is 5.76 Å². The van der Waals surface area contributed by atoms with Crippen molar-refractivity contribution in [3.8, 4) is 0 Å². The summed E-state index contributed by atoms with van der Waals surface area (Å²) in [6.45, 7) is 2.07. The lowest BCUT2D eigenvalue weighted by molar-refractivity contribution is 0.552. The summed E-state index contributed by atoms with van der Waals surface area (Å²) < 4.78 is 5.23. The van der Waals surface area contributed by atoms with E-state index in [1.807, 2.05) is 30.3 Å². The normalized spacial score (nSPS) is 12.1. The Bertz CT molecular complexity index is 450. The molecule has 16 heavy (non-hydrogen) atoms. The lowest BCUT2D eigenvalue weighted by Crippen LogP contribution is -2.25. The van der Waals surface area contributed by atoms with Crippen LogP contribution in [0.5, 0.6) is 0 Å². The third-order valence-electron chi connectivity index (χ3n) is 2.39. The lowest BCUT2D eigenvalue weighted by atomic mass is 10.1. The minimum Gasteiger partial charge on any atom is -0.462 e. The van der Waals surface area contributed by atoms with E-state index in [4.69, 9.17) is 16.6 Å². The Balaban J connectivity index is 2.03. The van der Waals surface area contributed by atoms with Crippen molar-refractivity contribution in [1.29, 1.82) is 0 Å². The van der Waals surface area contributed by atoms with Crippen molar-refractivity contribution in [1.82, 2.24) is 5.32 Å². The van der Waals surface area contributed by atoms with Crippen LogP contribution in [0.25, 0.3) is 0 Å². The van der Waals surface area contributed by atoms with Crippen molar-refractivity contribution < 1.29 is 4.42 Å². The summed E-state index contributed by atoms with van der Waals surface area (Å²) in [7, 11) is 0. The molecule has 1 N–H and O–H groups in total. The van der Waals surface area contributed by atoms with Crippen molar-refractivity contribution in [3.05, 3.63) is 60.1 Å². The highest BCUT2D eigenvalue weighted by Gasteiger charge is 2.09. The summed E-state index contributed by atoms with van der Waals surface area (Å²) in [4.78, 5) is 0.640. The van der Waals surface area contributed by atoms with E-state index in [1.165, 1.54) is 5.56 Å². The number of hydrogen-bond acceptors (Lipinski definition) is 2. The van der Waals surface area contributed by atoms with E-state index in [2.05, 4.69) is 24.4 Å². The molecule has 0 aliphatic rings. The Morgan fingerprint density at radius 2 is 1.94 bits per heavy atom. The average molecular weight is 231 g/mol. The van der Waals surface area contributed by atoms with Gasteiger partial charge < -0.3 is 9.73 Å². The van der Waals surface area contributed by atoms with Gasteiger partial charge in [-0.2, -0.15) is 0 Å². The van der Waals surface area contributed by atoms with Gasteiger partial charge in [0.2, 0.25) is 0 Å². The van der Waals surface area contributed by atoms with Crippen LogP contribution in [0.2, 0.25) is 0 Å². The summed E-state index contributed by atoms with van der Waals surface area (Å²) in [5, 5.41) is 3.24. The maximum atomic E-state index is 5.25. The molecule has 0 fully saturated rings. The van der Waals surface area contributed by atoms with Crippen LogP contribution in [-0.2, 0) is 0 Å². The summed E-state index contributed by atoms with van der Waals surface area (Å²) in [5.74, 6) is 0.706. The van der Waals surface area contributed by atoms with E-state index in [9.17, 15) is 0 Å². The molecule has 2 rings (SSSR count). The van der Waals surface area contributed by atoms with Crippen molar-refractivity contribution in [2.45, 2.75) is 13.0 Å². The second-order valence-electron chi connectivity index (χ2n) is 3.58. The van der Waals surface area contributed by atoms with E-state index in [0.29, 0.717) is 10.7 Å². The van der Waals surface area contributed by atoms with Gasteiger partial charge in [0.05, 0.1) is 6.26 Å². The van der Waals surface area contributed by atoms with Crippen LogP contribution >= 0.6 is 12.2 Å². The van der Waals surface area contributed by atoms with Gasteiger partial charge in [-0.3, -0.25) is 0 Å². The molecule has 3 heteroatoms. The molecule has 1 aromatic carbocycles. The Kier molecular flexibility index (Phi) is 3.37. The zero-order chi connectivity index (χ0) is 11.4. The lowest BCUT2D eigenvalue weighted by Gasteiger charge is -2.14. The van der Waals surface area contributed by atoms with Gasteiger partial charge in [0.25, 0.3) is 0 Å². The first-order valence-corrected chi connectivity index (χ1v) is 5.57. The molecule has 2 aromatic rings. The van der Waals surface area contributed by atoms with Gasteiger partial charge >= 0.3 is 0 Å². The molecular formula is C13H13NOS. The van der Waals surface area contributed by atoms with Gasteiger partial charge in [0.1, 0.15) is 4.99 Å². The molecule has 82 valence electrons. The first-order valence-electron chi connectivity index (χ1n) is 5.16.